The van der Waals surface area contributed by atoms with Gasteiger partial charge >= 0.3 is 0 Å². The van der Waals surface area contributed by atoms with Gasteiger partial charge in [-0.15, -0.1) is 11.3 Å². The van der Waals surface area contributed by atoms with Crippen LogP contribution in [0.4, 0.5) is 10.9 Å². The number of hydrogen-bond donors (Lipinski definition) is 1. The van der Waals surface area contributed by atoms with Crippen LogP contribution in [0.3, 0.4) is 0 Å². The summed E-state index contributed by atoms with van der Waals surface area (Å²) >= 11 is 1.58. The fourth-order valence-corrected chi connectivity index (χ4v) is 3.46. The third-order valence-electron chi connectivity index (χ3n) is 3.65. The highest BCUT2D eigenvalue weighted by molar-refractivity contribution is 7.15. The highest BCUT2D eigenvalue weighted by Crippen LogP contribution is 2.29. The van der Waals surface area contributed by atoms with E-state index in [1.54, 1.807) is 17.5 Å². The number of carbonyl (C=O) groups excluding carboxylic acids is 1. The minimum atomic E-state index is -0.262. The first kappa shape index (κ1) is 14.9. The van der Waals surface area contributed by atoms with Gasteiger partial charge in [0, 0.05) is 19.0 Å². The van der Waals surface area contributed by atoms with Crippen molar-refractivity contribution in [3.63, 3.8) is 0 Å². The lowest BCUT2D eigenvalue weighted by Crippen LogP contribution is -2.16. The molecule has 1 amide bonds. The maximum Gasteiger partial charge on any atom is 0.277 e. The van der Waals surface area contributed by atoms with Crippen molar-refractivity contribution < 1.29 is 4.79 Å². The predicted molar refractivity (Wildman–Crippen MR) is 87.7 cm³/mol. The van der Waals surface area contributed by atoms with Crippen LogP contribution < -0.4 is 10.2 Å². The molecule has 0 aliphatic heterocycles. The summed E-state index contributed by atoms with van der Waals surface area (Å²) in [7, 11) is 3.76. The Bertz CT molecular complexity index is 642. The molecule has 6 nitrogen and oxygen atoms in total. The van der Waals surface area contributed by atoms with Crippen molar-refractivity contribution in [2.24, 2.45) is 0 Å². The van der Waals surface area contributed by atoms with Crippen LogP contribution in [0, 0.1) is 0 Å². The van der Waals surface area contributed by atoms with E-state index < -0.39 is 0 Å². The summed E-state index contributed by atoms with van der Waals surface area (Å²) in [6.45, 7) is 0. The molecule has 22 heavy (non-hydrogen) atoms. The van der Waals surface area contributed by atoms with Crippen molar-refractivity contribution in [3.8, 4) is 0 Å². The predicted octanol–water partition coefficient (Wildman–Crippen LogP) is 2.52. The van der Waals surface area contributed by atoms with E-state index in [4.69, 9.17) is 0 Å². The Hall–Kier alpha value is -2.02. The van der Waals surface area contributed by atoms with Crippen LogP contribution in [-0.2, 0) is 12.8 Å². The number of nitrogens with zero attached hydrogens (tertiary/aromatic N) is 4. The molecule has 0 radical (unpaired) electrons. The lowest BCUT2D eigenvalue weighted by atomic mass is 10.2. The van der Waals surface area contributed by atoms with E-state index in [1.165, 1.54) is 30.3 Å². The van der Waals surface area contributed by atoms with Crippen molar-refractivity contribution >= 4 is 28.2 Å². The Balaban J connectivity index is 1.71. The molecule has 0 atom stereocenters. The van der Waals surface area contributed by atoms with E-state index in [2.05, 4.69) is 20.3 Å². The number of anilines is 2. The number of aryl methyl sites for hydroxylation is 2. The van der Waals surface area contributed by atoms with Gasteiger partial charge in [0.15, 0.2) is 5.13 Å². The van der Waals surface area contributed by atoms with Crippen LogP contribution in [0.2, 0.25) is 0 Å². The minimum absolute atomic E-state index is 0.262. The van der Waals surface area contributed by atoms with Gasteiger partial charge in [-0.05, 0) is 25.7 Å². The normalized spacial score (nSPS) is 14.1. The maximum absolute atomic E-state index is 12.2. The van der Waals surface area contributed by atoms with Crippen LogP contribution in [0.5, 0.6) is 0 Å². The molecule has 2 heterocycles. The monoisotopic (exact) mass is 317 g/mol. The van der Waals surface area contributed by atoms with E-state index in [0.717, 1.165) is 24.4 Å². The van der Waals surface area contributed by atoms with Gasteiger partial charge in [0.25, 0.3) is 5.91 Å². The van der Waals surface area contributed by atoms with E-state index in [1.807, 2.05) is 19.0 Å². The number of fused-ring (bicyclic) bond motifs is 1. The highest BCUT2D eigenvalue weighted by atomic mass is 32.1. The average molecular weight is 317 g/mol. The third-order valence-corrected chi connectivity index (χ3v) is 4.72. The quantitative estimate of drug-likeness (QED) is 0.881. The molecule has 2 aromatic heterocycles. The van der Waals surface area contributed by atoms with Crippen LogP contribution in [0.25, 0.3) is 0 Å². The maximum atomic E-state index is 12.2. The second-order valence-corrected chi connectivity index (χ2v) is 6.64. The first-order valence-electron chi connectivity index (χ1n) is 7.43. The van der Waals surface area contributed by atoms with Crippen LogP contribution in [0.15, 0.2) is 12.4 Å². The van der Waals surface area contributed by atoms with E-state index >= 15 is 0 Å². The Morgan fingerprint density at radius 1 is 1.18 bits per heavy atom. The zero-order valence-corrected chi connectivity index (χ0v) is 13.6. The number of amides is 1. The van der Waals surface area contributed by atoms with Gasteiger partial charge in [-0.3, -0.25) is 10.1 Å². The second-order valence-electron chi connectivity index (χ2n) is 5.56. The van der Waals surface area contributed by atoms with Crippen molar-refractivity contribution in [2.45, 2.75) is 32.1 Å². The molecule has 7 heteroatoms. The molecular weight excluding hydrogens is 298 g/mol. The Labute approximate surface area is 133 Å². The van der Waals surface area contributed by atoms with Gasteiger partial charge < -0.3 is 4.90 Å². The van der Waals surface area contributed by atoms with Gasteiger partial charge in [0.1, 0.15) is 11.5 Å². The Kier molecular flexibility index (Phi) is 4.33. The summed E-state index contributed by atoms with van der Waals surface area (Å²) < 4.78 is 0. The fourth-order valence-electron chi connectivity index (χ4n) is 2.41. The van der Waals surface area contributed by atoms with Gasteiger partial charge in [-0.25, -0.2) is 15.0 Å². The Morgan fingerprint density at radius 3 is 2.73 bits per heavy atom. The second kappa shape index (κ2) is 6.39. The molecule has 0 unspecified atom stereocenters. The summed E-state index contributed by atoms with van der Waals surface area (Å²) in [4.78, 5) is 28.3. The van der Waals surface area contributed by atoms with Crippen molar-refractivity contribution in [3.05, 3.63) is 28.7 Å². The van der Waals surface area contributed by atoms with E-state index in [-0.39, 0.29) is 5.91 Å². The number of carbonyl (C=O) groups is 1. The average Bonchev–Trinajstić information content (AvgIpc) is 2.76. The molecule has 0 bridgehead atoms. The highest BCUT2D eigenvalue weighted by Gasteiger charge is 2.16. The standard InChI is InChI=1S/C15H19N5OS/c1-20(2)13-9-16-11(8-17-13)14(21)19-15-18-10-6-4-3-5-7-12(10)22-15/h8-9H,3-7H2,1-2H3,(H,18,19,21). The number of aromatic nitrogens is 3. The van der Waals surface area contributed by atoms with Crippen molar-refractivity contribution in [1.29, 1.82) is 0 Å². The van der Waals surface area contributed by atoms with E-state index in [9.17, 15) is 4.79 Å². The SMILES string of the molecule is CN(C)c1cnc(C(=O)Nc2nc3c(s2)CCCCC3)cn1. The molecular formula is C15H19N5OS. The van der Waals surface area contributed by atoms with Crippen molar-refractivity contribution in [2.75, 3.05) is 24.3 Å². The molecule has 0 aromatic carbocycles. The van der Waals surface area contributed by atoms with Crippen LogP contribution in [0.1, 0.15) is 40.3 Å². The van der Waals surface area contributed by atoms with Crippen LogP contribution >= 0.6 is 11.3 Å². The summed E-state index contributed by atoms with van der Waals surface area (Å²) in [6.07, 6.45) is 8.81. The molecule has 0 saturated carbocycles. The Morgan fingerprint density at radius 2 is 2.00 bits per heavy atom. The van der Waals surface area contributed by atoms with Gasteiger partial charge in [-0.1, -0.05) is 6.42 Å². The van der Waals surface area contributed by atoms with E-state index in [0.29, 0.717) is 10.8 Å². The largest absolute Gasteiger partial charge is 0.361 e. The molecule has 2 aromatic rings. The smallest absolute Gasteiger partial charge is 0.277 e. The molecule has 1 aliphatic carbocycles. The third kappa shape index (κ3) is 3.24. The molecule has 116 valence electrons. The topological polar surface area (TPSA) is 71.0 Å². The van der Waals surface area contributed by atoms with Crippen LogP contribution in [-0.4, -0.2) is 35.0 Å². The number of rotatable bonds is 3. The summed E-state index contributed by atoms with van der Waals surface area (Å²) in [5, 5.41) is 3.50. The zero-order valence-electron chi connectivity index (χ0n) is 12.8. The summed E-state index contributed by atoms with van der Waals surface area (Å²) in [5.74, 6) is 0.458. The molecule has 0 fully saturated rings. The van der Waals surface area contributed by atoms with Crippen molar-refractivity contribution in [1.82, 2.24) is 15.0 Å². The summed E-state index contributed by atoms with van der Waals surface area (Å²) in [5.41, 5.74) is 1.45. The lowest BCUT2D eigenvalue weighted by molar-refractivity contribution is 0.102. The molecule has 1 N–H and O–H groups in total. The first-order chi connectivity index (χ1) is 10.6. The lowest BCUT2D eigenvalue weighted by Gasteiger charge is -2.10. The minimum Gasteiger partial charge on any atom is -0.361 e. The summed E-state index contributed by atoms with van der Waals surface area (Å²) in [6, 6.07) is 0. The molecule has 0 saturated heterocycles. The number of thiazole rings is 1. The zero-order chi connectivity index (χ0) is 15.5. The first-order valence-corrected chi connectivity index (χ1v) is 8.24. The number of hydrogen-bond acceptors (Lipinski definition) is 6. The number of nitrogens with one attached hydrogen (secondary N) is 1. The van der Waals surface area contributed by atoms with Gasteiger partial charge in [0.05, 0.1) is 18.1 Å². The van der Waals surface area contributed by atoms with Gasteiger partial charge in [0.2, 0.25) is 0 Å². The molecule has 3 rings (SSSR count). The molecule has 0 spiro atoms. The fraction of sp³-hybridized carbons (Fsp3) is 0.467. The van der Waals surface area contributed by atoms with Gasteiger partial charge in [-0.2, -0.15) is 0 Å². The molecule has 1 aliphatic rings.